The average molecular weight is 252 g/mol. The number of hydrogen-bond donors (Lipinski definition) is 1. The number of carbonyl (C=O) groups is 1. The molecule has 0 aliphatic heterocycles. The molecule has 3 rings (SSSR count). The maximum absolute atomic E-state index is 12.5. The molecule has 0 atom stereocenters. The van der Waals surface area contributed by atoms with E-state index < -0.39 is 0 Å². The van der Waals surface area contributed by atoms with Gasteiger partial charge in [0, 0.05) is 24.2 Å². The van der Waals surface area contributed by atoms with Gasteiger partial charge in [-0.05, 0) is 12.1 Å². The van der Waals surface area contributed by atoms with Gasteiger partial charge in [0.2, 0.25) is 0 Å². The molecule has 5 heteroatoms. The van der Waals surface area contributed by atoms with Crippen molar-refractivity contribution < 1.29 is 4.79 Å². The first-order valence-electron chi connectivity index (χ1n) is 5.84. The van der Waals surface area contributed by atoms with Crippen LogP contribution in [0.15, 0.2) is 42.7 Å². The monoisotopic (exact) mass is 252 g/mol. The number of nitrogens with zero attached hydrogens (tertiary/aromatic N) is 3. The van der Waals surface area contributed by atoms with Crippen LogP contribution in [-0.4, -0.2) is 20.5 Å². The fraction of sp³-hybridized carbons (Fsp3) is 0.0714. The zero-order chi connectivity index (χ0) is 13.4. The van der Waals surface area contributed by atoms with Crippen molar-refractivity contribution in [3.8, 4) is 0 Å². The number of nitrogen functional groups attached to an aromatic ring is 1. The molecular formula is C14H12N4O. The lowest BCUT2D eigenvalue weighted by molar-refractivity contribution is 0.104. The Bertz CT molecular complexity index is 771. The van der Waals surface area contributed by atoms with Gasteiger partial charge in [0.25, 0.3) is 0 Å². The van der Waals surface area contributed by atoms with Crippen molar-refractivity contribution in [1.82, 2.24) is 14.8 Å². The van der Waals surface area contributed by atoms with Crippen molar-refractivity contribution >= 4 is 22.5 Å². The van der Waals surface area contributed by atoms with Crippen molar-refractivity contribution in [1.29, 1.82) is 0 Å². The Morgan fingerprint density at radius 3 is 2.79 bits per heavy atom. The van der Waals surface area contributed by atoms with E-state index in [1.165, 1.54) is 10.9 Å². The Kier molecular flexibility index (Phi) is 2.52. The first-order valence-corrected chi connectivity index (χ1v) is 5.84. The highest BCUT2D eigenvalue weighted by molar-refractivity contribution is 6.17. The second-order valence-corrected chi connectivity index (χ2v) is 4.27. The molecule has 0 aliphatic carbocycles. The molecule has 94 valence electrons. The molecule has 0 saturated carbocycles. The molecule has 0 unspecified atom stereocenters. The zero-order valence-electron chi connectivity index (χ0n) is 10.4. The van der Waals surface area contributed by atoms with Gasteiger partial charge in [-0.2, -0.15) is 5.10 Å². The van der Waals surface area contributed by atoms with E-state index in [9.17, 15) is 4.79 Å². The molecule has 2 aromatic heterocycles. The van der Waals surface area contributed by atoms with E-state index >= 15 is 0 Å². The van der Waals surface area contributed by atoms with Crippen LogP contribution in [0.2, 0.25) is 0 Å². The number of aromatic nitrogens is 3. The number of nitrogens with two attached hydrogens (primary N) is 1. The first-order chi connectivity index (χ1) is 9.18. The second-order valence-electron chi connectivity index (χ2n) is 4.27. The summed E-state index contributed by atoms with van der Waals surface area (Å²) in [7, 11) is 1.71. The number of aryl methyl sites for hydroxylation is 1. The number of pyridine rings is 1. The quantitative estimate of drug-likeness (QED) is 0.705. The third-order valence-electron chi connectivity index (χ3n) is 3.12. The zero-order valence-corrected chi connectivity index (χ0v) is 10.4. The molecule has 0 amide bonds. The Morgan fingerprint density at radius 1 is 1.21 bits per heavy atom. The molecule has 1 aromatic carbocycles. The molecule has 19 heavy (non-hydrogen) atoms. The molecule has 0 radical (unpaired) electrons. The third kappa shape index (κ3) is 1.76. The summed E-state index contributed by atoms with van der Waals surface area (Å²) in [6, 6.07) is 9.15. The van der Waals surface area contributed by atoms with Gasteiger partial charge in [0.05, 0.1) is 17.3 Å². The first kappa shape index (κ1) is 11.4. The van der Waals surface area contributed by atoms with E-state index in [4.69, 9.17) is 5.73 Å². The normalized spacial score (nSPS) is 10.8. The number of ketones is 1. The fourth-order valence-electron chi connectivity index (χ4n) is 2.07. The van der Waals surface area contributed by atoms with Crippen molar-refractivity contribution in [2.45, 2.75) is 0 Å². The molecule has 0 aliphatic rings. The fourth-order valence-corrected chi connectivity index (χ4v) is 2.07. The molecule has 0 bridgehead atoms. The maximum Gasteiger partial charge on any atom is 0.199 e. The Balaban J connectivity index is 2.20. The van der Waals surface area contributed by atoms with Crippen LogP contribution in [0.25, 0.3) is 10.9 Å². The summed E-state index contributed by atoms with van der Waals surface area (Å²) in [5.74, 6) is 0.232. The summed E-state index contributed by atoms with van der Waals surface area (Å²) in [6.07, 6.45) is 3.20. The highest BCUT2D eigenvalue weighted by atomic mass is 16.1. The molecule has 0 fully saturated rings. The van der Waals surface area contributed by atoms with Gasteiger partial charge in [-0.3, -0.25) is 14.5 Å². The lowest BCUT2D eigenvalue weighted by Crippen LogP contribution is -2.06. The van der Waals surface area contributed by atoms with E-state index in [-0.39, 0.29) is 5.78 Å². The van der Waals surface area contributed by atoms with E-state index in [0.717, 1.165) is 10.9 Å². The molecular weight excluding hydrogens is 240 g/mol. The van der Waals surface area contributed by atoms with Crippen LogP contribution in [0, 0.1) is 0 Å². The minimum absolute atomic E-state index is 0.135. The van der Waals surface area contributed by atoms with Gasteiger partial charge >= 0.3 is 0 Å². The Morgan fingerprint density at radius 2 is 2.05 bits per heavy atom. The van der Waals surface area contributed by atoms with Crippen LogP contribution in [0.3, 0.4) is 0 Å². The minimum atomic E-state index is -0.135. The van der Waals surface area contributed by atoms with E-state index in [2.05, 4.69) is 10.1 Å². The number of carbonyl (C=O) groups excluding carboxylic acids is 1. The van der Waals surface area contributed by atoms with Crippen LogP contribution >= 0.6 is 0 Å². The predicted molar refractivity (Wildman–Crippen MR) is 72.8 cm³/mol. The van der Waals surface area contributed by atoms with Crippen molar-refractivity contribution in [2.75, 3.05) is 5.73 Å². The summed E-state index contributed by atoms with van der Waals surface area (Å²) < 4.78 is 1.48. The smallest absolute Gasteiger partial charge is 0.199 e. The van der Waals surface area contributed by atoms with E-state index in [0.29, 0.717) is 16.9 Å². The van der Waals surface area contributed by atoms with E-state index in [1.807, 2.05) is 24.3 Å². The van der Waals surface area contributed by atoms with E-state index in [1.54, 1.807) is 19.3 Å². The number of hydrogen-bond acceptors (Lipinski definition) is 4. The number of anilines is 1. The molecule has 2 heterocycles. The maximum atomic E-state index is 12.5. The van der Waals surface area contributed by atoms with Crippen LogP contribution in [-0.2, 0) is 7.05 Å². The topological polar surface area (TPSA) is 73.8 Å². The van der Waals surface area contributed by atoms with Gasteiger partial charge in [-0.15, -0.1) is 0 Å². The highest BCUT2D eigenvalue weighted by Gasteiger charge is 2.17. The second kappa shape index (κ2) is 4.20. The lowest BCUT2D eigenvalue weighted by Gasteiger charge is -2.04. The minimum Gasteiger partial charge on any atom is -0.383 e. The average Bonchev–Trinajstić information content (AvgIpc) is 2.78. The SMILES string of the molecule is Cn1ncc(C(=O)c2cccc3ncccc23)c1N. The van der Waals surface area contributed by atoms with Crippen molar-refractivity contribution in [2.24, 2.45) is 7.05 Å². The predicted octanol–water partition coefficient (Wildman–Crippen LogP) is 1.78. The van der Waals surface area contributed by atoms with Crippen LogP contribution in [0.4, 0.5) is 5.82 Å². The summed E-state index contributed by atoms with van der Waals surface area (Å²) in [5, 5.41) is 4.82. The third-order valence-corrected chi connectivity index (χ3v) is 3.12. The van der Waals surface area contributed by atoms with Gasteiger partial charge in [0.1, 0.15) is 5.82 Å². The number of benzene rings is 1. The largest absolute Gasteiger partial charge is 0.383 e. The van der Waals surface area contributed by atoms with Gasteiger partial charge in [0.15, 0.2) is 5.78 Å². The lowest BCUT2D eigenvalue weighted by atomic mass is 10.0. The number of fused-ring (bicyclic) bond motifs is 1. The van der Waals surface area contributed by atoms with Gasteiger partial charge in [-0.25, -0.2) is 0 Å². The summed E-state index contributed by atoms with van der Waals surface area (Å²) in [4.78, 5) is 16.8. The standard InChI is InChI=1S/C14H12N4O/c1-18-14(15)11(8-17-18)13(19)10-4-2-6-12-9(10)5-3-7-16-12/h2-8H,15H2,1H3. The molecule has 5 nitrogen and oxygen atoms in total. The van der Waals surface area contributed by atoms with Crippen LogP contribution in [0.1, 0.15) is 15.9 Å². The Hall–Kier alpha value is -2.69. The van der Waals surface area contributed by atoms with Crippen LogP contribution < -0.4 is 5.73 Å². The van der Waals surface area contributed by atoms with Crippen molar-refractivity contribution in [3.63, 3.8) is 0 Å². The molecule has 0 spiro atoms. The molecule has 2 N–H and O–H groups in total. The molecule has 3 aromatic rings. The van der Waals surface area contributed by atoms with Crippen molar-refractivity contribution in [3.05, 3.63) is 53.9 Å². The molecule has 0 saturated heterocycles. The summed E-state index contributed by atoms with van der Waals surface area (Å²) >= 11 is 0. The summed E-state index contributed by atoms with van der Waals surface area (Å²) in [6.45, 7) is 0. The van der Waals surface area contributed by atoms with Crippen LogP contribution in [0.5, 0.6) is 0 Å². The van der Waals surface area contributed by atoms with Gasteiger partial charge in [-0.1, -0.05) is 18.2 Å². The number of rotatable bonds is 2. The summed E-state index contributed by atoms with van der Waals surface area (Å²) in [5.41, 5.74) is 7.64. The highest BCUT2D eigenvalue weighted by Crippen LogP contribution is 2.22. The van der Waals surface area contributed by atoms with Gasteiger partial charge < -0.3 is 5.73 Å². The Labute approximate surface area is 109 Å².